The average Bonchev–Trinajstić information content (AvgIpc) is 2.72. The number of hydrogen-bond acceptors (Lipinski definition) is 6. The first-order valence-corrected chi connectivity index (χ1v) is 9.91. The Morgan fingerprint density at radius 1 is 1.37 bits per heavy atom. The molecule has 0 radical (unpaired) electrons. The monoisotopic (exact) mass is 423 g/mol. The van der Waals surface area contributed by atoms with Crippen molar-refractivity contribution in [1.29, 1.82) is 0 Å². The van der Waals surface area contributed by atoms with Gasteiger partial charge in [0.15, 0.2) is 0 Å². The van der Waals surface area contributed by atoms with Crippen molar-refractivity contribution in [2.24, 2.45) is 0 Å². The molecule has 0 saturated carbocycles. The van der Waals surface area contributed by atoms with Crippen molar-refractivity contribution < 1.29 is 9.53 Å². The molecule has 2 aliphatic rings. The molecule has 1 amide bonds. The zero-order valence-corrected chi connectivity index (χ0v) is 17.3. The number of halogens is 1. The minimum absolute atomic E-state index is 0.0431. The summed E-state index contributed by atoms with van der Waals surface area (Å²) >= 11 is 5.97. The zero-order chi connectivity index (χ0) is 21.1. The molecule has 0 spiro atoms. The van der Waals surface area contributed by atoms with Crippen molar-refractivity contribution in [2.75, 3.05) is 19.6 Å². The van der Waals surface area contributed by atoms with Gasteiger partial charge in [-0.15, -0.1) is 0 Å². The number of amides is 1. The second-order valence-electron chi connectivity index (χ2n) is 7.55. The summed E-state index contributed by atoms with van der Waals surface area (Å²) in [7, 11) is 0. The average molecular weight is 424 g/mol. The SMILES string of the molecule is C=CC(=O)N1CC(C)(NC2=CNCC(c3cnc(Oc4cccc(Cl)c4)nc3)=C2)C1. The van der Waals surface area contributed by atoms with E-state index in [1.165, 1.54) is 6.08 Å². The highest BCUT2D eigenvalue weighted by molar-refractivity contribution is 6.30. The van der Waals surface area contributed by atoms with E-state index in [1.54, 1.807) is 41.6 Å². The van der Waals surface area contributed by atoms with Gasteiger partial charge in [0.1, 0.15) is 5.75 Å². The molecule has 2 N–H and O–H groups in total. The number of nitrogens with one attached hydrogen (secondary N) is 2. The first-order chi connectivity index (χ1) is 14.4. The standard InChI is InChI=1S/C22H22ClN5O2/c1-3-20(29)28-13-22(2,14-28)27-18-7-15(9-24-12-18)16-10-25-21(26-11-16)30-19-6-4-5-17(23)8-19/h3-8,10-12,24,27H,1,9,13-14H2,2H3. The number of ether oxygens (including phenoxy) is 1. The lowest BCUT2D eigenvalue weighted by atomic mass is 9.91. The zero-order valence-electron chi connectivity index (χ0n) is 16.6. The minimum Gasteiger partial charge on any atom is -0.424 e. The number of carbonyl (C=O) groups excluding carboxylic acids is 1. The molecule has 154 valence electrons. The maximum Gasteiger partial charge on any atom is 0.321 e. The number of likely N-dealkylation sites (tertiary alicyclic amines) is 1. The van der Waals surface area contributed by atoms with Crippen molar-refractivity contribution in [3.63, 3.8) is 0 Å². The molecule has 3 heterocycles. The number of carbonyl (C=O) groups is 1. The van der Waals surface area contributed by atoms with Gasteiger partial charge in [0.2, 0.25) is 5.91 Å². The van der Waals surface area contributed by atoms with Crippen LogP contribution in [0.4, 0.5) is 0 Å². The molecule has 0 aliphatic carbocycles. The molecule has 1 fully saturated rings. The quantitative estimate of drug-likeness (QED) is 0.695. The topological polar surface area (TPSA) is 79.4 Å². The van der Waals surface area contributed by atoms with Gasteiger partial charge in [-0.3, -0.25) is 4.79 Å². The van der Waals surface area contributed by atoms with Gasteiger partial charge in [0.05, 0.1) is 11.2 Å². The van der Waals surface area contributed by atoms with Gasteiger partial charge in [-0.1, -0.05) is 24.2 Å². The Bertz CT molecular complexity index is 1030. The number of nitrogens with zero attached hydrogens (tertiary/aromatic N) is 3. The molecule has 0 unspecified atom stereocenters. The molecule has 7 nitrogen and oxygen atoms in total. The number of rotatable bonds is 6. The molecule has 30 heavy (non-hydrogen) atoms. The molecule has 4 rings (SSSR count). The van der Waals surface area contributed by atoms with Crippen LogP contribution >= 0.6 is 11.6 Å². The van der Waals surface area contributed by atoms with Gasteiger partial charge in [-0.2, -0.15) is 0 Å². The van der Waals surface area contributed by atoms with Gasteiger partial charge in [0.25, 0.3) is 0 Å². The van der Waals surface area contributed by atoms with Crippen LogP contribution < -0.4 is 15.4 Å². The van der Waals surface area contributed by atoms with E-state index in [-0.39, 0.29) is 17.5 Å². The van der Waals surface area contributed by atoms with E-state index >= 15 is 0 Å². The Hall–Kier alpha value is -3.32. The first-order valence-electron chi connectivity index (χ1n) is 9.54. The van der Waals surface area contributed by atoms with Crippen LogP contribution in [-0.2, 0) is 4.79 Å². The number of benzene rings is 1. The van der Waals surface area contributed by atoms with Crippen molar-refractivity contribution in [3.8, 4) is 11.8 Å². The van der Waals surface area contributed by atoms with E-state index in [9.17, 15) is 4.79 Å². The molecular formula is C22H22ClN5O2. The summed E-state index contributed by atoms with van der Waals surface area (Å²) in [4.78, 5) is 22.1. The molecule has 1 aromatic carbocycles. The second kappa shape index (κ2) is 8.20. The van der Waals surface area contributed by atoms with Crippen molar-refractivity contribution >= 4 is 23.1 Å². The Balaban J connectivity index is 1.40. The number of hydrogen-bond donors (Lipinski definition) is 2. The largest absolute Gasteiger partial charge is 0.424 e. The normalized spacial score (nSPS) is 17.1. The molecule has 2 aliphatic heterocycles. The summed E-state index contributed by atoms with van der Waals surface area (Å²) in [6, 6.07) is 7.34. The fourth-order valence-electron chi connectivity index (χ4n) is 3.49. The smallest absolute Gasteiger partial charge is 0.321 e. The summed E-state index contributed by atoms with van der Waals surface area (Å²) in [6.45, 7) is 7.57. The summed E-state index contributed by atoms with van der Waals surface area (Å²) in [5.41, 5.74) is 2.73. The van der Waals surface area contributed by atoms with E-state index in [0.717, 1.165) is 16.8 Å². The van der Waals surface area contributed by atoms with Crippen LogP contribution in [0.25, 0.3) is 5.57 Å². The highest BCUT2D eigenvalue weighted by atomic mass is 35.5. The lowest BCUT2D eigenvalue weighted by Crippen LogP contribution is -2.68. The van der Waals surface area contributed by atoms with E-state index in [1.807, 2.05) is 6.20 Å². The number of dihydropyridines is 1. The molecule has 1 saturated heterocycles. The lowest BCUT2D eigenvalue weighted by Gasteiger charge is -2.49. The van der Waals surface area contributed by atoms with Gasteiger partial charge >= 0.3 is 6.01 Å². The summed E-state index contributed by atoms with van der Waals surface area (Å²) in [5.74, 6) is 0.541. The van der Waals surface area contributed by atoms with Crippen LogP contribution in [0.2, 0.25) is 5.02 Å². The second-order valence-corrected chi connectivity index (χ2v) is 7.98. The van der Waals surface area contributed by atoms with Crippen LogP contribution in [0, 0.1) is 0 Å². The minimum atomic E-state index is -0.170. The van der Waals surface area contributed by atoms with E-state index < -0.39 is 0 Å². The van der Waals surface area contributed by atoms with E-state index in [0.29, 0.717) is 30.4 Å². The Morgan fingerprint density at radius 2 is 2.13 bits per heavy atom. The third-order valence-corrected chi connectivity index (χ3v) is 5.13. The third kappa shape index (κ3) is 4.46. The van der Waals surface area contributed by atoms with Gasteiger partial charge < -0.3 is 20.3 Å². The third-order valence-electron chi connectivity index (χ3n) is 4.90. The Kier molecular flexibility index (Phi) is 5.46. The Labute approximate surface area is 180 Å². The van der Waals surface area contributed by atoms with Crippen LogP contribution in [0.15, 0.2) is 67.3 Å². The number of aromatic nitrogens is 2. The molecule has 2 aromatic rings. The van der Waals surface area contributed by atoms with Crippen molar-refractivity contribution in [2.45, 2.75) is 12.5 Å². The van der Waals surface area contributed by atoms with Gasteiger partial charge in [0, 0.05) is 48.8 Å². The molecule has 8 heteroatoms. The number of allylic oxidation sites excluding steroid dienone is 1. The molecule has 1 aromatic heterocycles. The molecule has 0 bridgehead atoms. The maximum absolute atomic E-state index is 11.7. The molecular weight excluding hydrogens is 402 g/mol. The van der Waals surface area contributed by atoms with Crippen LogP contribution in [0.1, 0.15) is 12.5 Å². The summed E-state index contributed by atoms with van der Waals surface area (Å²) in [5, 5.41) is 7.36. The van der Waals surface area contributed by atoms with Crippen LogP contribution in [0.3, 0.4) is 0 Å². The lowest BCUT2D eigenvalue weighted by molar-refractivity contribution is -0.133. The van der Waals surface area contributed by atoms with E-state index in [2.05, 4.69) is 40.2 Å². The first kappa shape index (κ1) is 20.0. The summed E-state index contributed by atoms with van der Waals surface area (Å²) < 4.78 is 5.64. The van der Waals surface area contributed by atoms with E-state index in [4.69, 9.17) is 16.3 Å². The highest BCUT2D eigenvalue weighted by Crippen LogP contribution is 2.25. The van der Waals surface area contributed by atoms with Crippen LogP contribution in [0.5, 0.6) is 11.8 Å². The summed E-state index contributed by atoms with van der Waals surface area (Å²) in [6.07, 6.45) is 8.82. The predicted octanol–water partition coefficient (Wildman–Crippen LogP) is 3.13. The molecule has 0 atom stereocenters. The van der Waals surface area contributed by atoms with Gasteiger partial charge in [-0.25, -0.2) is 9.97 Å². The highest BCUT2D eigenvalue weighted by Gasteiger charge is 2.40. The predicted molar refractivity (Wildman–Crippen MR) is 116 cm³/mol. The van der Waals surface area contributed by atoms with Crippen molar-refractivity contribution in [3.05, 3.63) is 77.9 Å². The fourth-order valence-corrected chi connectivity index (χ4v) is 3.67. The van der Waals surface area contributed by atoms with Crippen molar-refractivity contribution in [1.82, 2.24) is 25.5 Å². The Morgan fingerprint density at radius 3 is 2.83 bits per heavy atom. The van der Waals surface area contributed by atoms with Gasteiger partial charge in [-0.05, 0) is 42.8 Å². The maximum atomic E-state index is 11.7. The van der Waals surface area contributed by atoms with Crippen LogP contribution in [-0.4, -0.2) is 45.9 Å². The fraction of sp³-hybridized carbons (Fsp3) is 0.227.